The molecule has 2 aliphatic carbocycles. The van der Waals surface area contributed by atoms with Crippen LogP contribution >= 0.6 is 0 Å². The third-order valence-electron chi connectivity index (χ3n) is 6.14. The normalized spacial score (nSPS) is 36.9. The summed E-state index contributed by atoms with van der Waals surface area (Å²) in [5.41, 5.74) is 0.777. The van der Waals surface area contributed by atoms with Crippen molar-refractivity contribution in [2.45, 2.75) is 83.4 Å². The summed E-state index contributed by atoms with van der Waals surface area (Å²) in [6.45, 7) is 2.24. The Morgan fingerprint density at radius 3 is 2.08 bits per heavy atom. The van der Waals surface area contributed by atoms with E-state index in [1.165, 1.54) is 50.7 Å². The maximum Gasteiger partial charge on any atom is 0.573 e. The van der Waals surface area contributed by atoms with E-state index >= 15 is 0 Å². The van der Waals surface area contributed by atoms with E-state index in [0.717, 1.165) is 24.3 Å². The molecule has 2 unspecified atom stereocenters. The van der Waals surface area contributed by atoms with Crippen molar-refractivity contribution in [3.05, 3.63) is 29.8 Å². The summed E-state index contributed by atoms with van der Waals surface area (Å²) in [5, 5.41) is 0. The van der Waals surface area contributed by atoms with Crippen molar-refractivity contribution < 1.29 is 20.6 Å². The van der Waals surface area contributed by atoms with Crippen molar-refractivity contribution in [1.29, 1.82) is 0 Å². The highest BCUT2D eigenvalue weighted by Gasteiger charge is 2.32. The zero-order chi connectivity index (χ0) is 20.3. The molecule has 0 spiro atoms. The molecule has 1 aromatic carbocycles. The average molecular weight is 370 g/mol. The number of alkyl halides is 3. The van der Waals surface area contributed by atoms with Gasteiger partial charge < -0.3 is 4.74 Å². The molecule has 146 valence electrons. The summed E-state index contributed by atoms with van der Waals surface area (Å²) >= 11 is 0. The zero-order valence-electron chi connectivity index (χ0n) is 17.5. The molecule has 0 N–H and O–H groups in total. The van der Waals surface area contributed by atoms with Crippen LogP contribution in [-0.4, -0.2) is 6.36 Å². The molecule has 0 aliphatic heterocycles. The van der Waals surface area contributed by atoms with Crippen LogP contribution in [0.25, 0.3) is 0 Å². The Hall–Kier alpha value is -1.19. The van der Waals surface area contributed by atoms with Gasteiger partial charge in [-0.2, -0.15) is 0 Å². The number of halogens is 3. The number of hydrogen-bond donors (Lipinski definition) is 0. The van der Waals surface area contributed by atoms with Gasteiger partial charge in [-0.15, -0.1) is 13.2 Å². The second-order valence-electron chi connectivity index (χ2n) is 7.91. The first kappa shape index (κ1) is 16.9. The molecule has 1 nitrogen and oxygen atoms in total. The maximum absolute atomic E-state index is 12.3. The Kier molecular flexibility index (Phi) is 5.65. The first-order chi connectivity index (χ1) is 13.3. The Morgan fingerprint density at radius 2 is 1.54 bits per heavy atom. The Labute approximate surface area is 158 Å². The average Bonchev–Trinajstić information content (AvgIpc) is 2.62. The first-order valence-electron chi connectivity index (χ1n) is 11.1. The van der Waals surface area contributed by atoms with Gasteiger partial charge in [-0.05, 0) is 79.8 Å². The molecule has 0 bridgehead atoms. The fourth-order valence-corrected chi connectivity index (χ4v) is 4.74. The van der Waals surface area contributed by atoms with Crippen LogP contribution in [-0.2, 0) is 0 Å². The van der Waals surface area contributed by atoms with Crippen LogP contribution in [0.2, 0.25) is 0 Å². The van der Waals surface area contributed by atoms with Gasteiger partial charge in [0.1, 0.15) is 5.75 Å². The second-order valence-corrected chi connectivity index (χ2v) is 7.91. The van der Waals surface area contributed by atoms with Crippen LogP contribution in [0, 0.1) is 17.8 Å². The van der Waals surface area contributed by atoms with Crippen LogP contribution in [0.4, 0.5) is 13.2 Å². The fourth-order valence-electron chi connectivity index (χ4n) is 4.74. The number of ether oxygens (including phenoxy) is 1. The smallest absolute Gasteiger partial charge is 0.406 e. The molecule has 2 saturated carbocycles. The Balaban J connectivity index is 1.59. The standard InChI is InChI=1S/C22H31F3O/c1-2-3-16-4-6-17(7-5-16)18-8-10-19(11-9-18)20-12-14-21(15-13-20)26-22(23,24)25/h12-19H,2-11H2,1H3/i10D,11D. The van der Waals surface area contributed by atoms with E-state index in [1.807, 2.05) is 0 Å². The molecule has 0 radical (unpaired) electrons. The first-order valence-corrected chi connectivity index (χ1v) is 9.97. The summed E-state index contributed by atoms with van der Waals surface area (Å²) < 4.78 is 58.1. The lowest BCUT2D eigenvalue weighted by Crippen LogP contribution is -2.25. The van der Waals surface area contributed by atoms with E-state index in [-0.39, 0.29) is 24.5 Å². The van der Waals surface area contributed by atoms with Gasteiger partial charge >= 0.3 is 6.36 Å². The van der Waals surface area contributed by atoms with Crippen LogP contribution in [0.5, 0.6) is 5.75 Å². The molecule has 0 aromatic heterocycles. The maximum atomic E-state index is 12.3. The van der Waals surface area contributed by atoms with Gasteiger partial charge in [0, 0.05) is 2.74 Å². The molecule has 2 atom stereocenters. The van der Waals surface area contributed by atoms with Crippen LogP contribution in [0.1, 0.15) is 85.3 Å². The van der Waals surface area contributed by atoms with E-state index in [9.17, 15) is 13.2 Å². The lowest BCUT2D eigenvalue weighted by atomic mass is 9.68. The molecular formula is C22H31F3O. The molecular weight excluding hydrogens is 337 g/mol. The topological polar surface area (TPSA) is 9.23 Å². The van der Waals surface area contributed by atoms with Crippen molar-refractivity contribution in [3.8, 4) is 5.75 Å². The van der Waals surface area contributed by atoms with Gasteiger partial charge in [0.15, 0.2) is 0 Å². The van der Waals surface area contributed by atoms with Crippen LogP contribution < -0.4 is 4.74 Å². The SMILES string of the molecule is [2H]C1CC(C2CCC(CCC)CC2)CC([2H])C1c1ccc(OC(F)(F)F)cc1. The molecule has 3 rings (SSSR count). The minimum absolute atomic E-state index is 0.243. The van der Waals surface area contributed by atoms with Gasteiger partial charge in [0.25, 0.3) is 0 Å². The summed E-state index contributed by atoms with van der Waals surface area (Å²) in [5.74, 6) is 1.44. The van der Waals surface area contributed by atoms with Crippen molar-refractivity contribution in [2.75, 3.05) is 0 Å². The predicted octanol–water partition coefficient (Wildman–Crippen LogP) is 7.47. The van der Waals surface area contributed by atoms with Gasteiger partial charge in [-0.3, -0.25) is 0 Å². The van der Waals surface area contributed by atoms with Crippen LogP contribution in [0.15, 0.2) is 24.3 Å². The third kappa shape index (κ3) is 5.40. The highest BCUT2D eigenvalue weighted by molar-refractivity contribution is 5.29. The van der Waals surface area contributed by atoms with Gasteiger partial charge in [0.05, 0.1) is 0 Å². The highest BCUT2D eigenvalue weighted by Crippen LogP contribution is 2.44. The lowest BCUT2D eigenvalue weighted by Gasteiger charge is -2.38. The molecule has 26 heavy (non-hydrogen) atoms. The lowest BCUT2D eigenvalue weighted by molar-refractivity contribution is -0.274. The van der Waals surface area contributed by atoms with E-state index in [2.05, 4.69) is 11.7 Å². The van der Waals surface area contributed by atoms with E-state index < -0.39 is 6.36 Å². The van der Waals surface area contributed by atoms with Crippen molar-refractivity contribution in [3.63, 3.8) is 0 Å². The monoisotopic (exact) mass is 370 g/mol. The summed E-state index contributed by atoms with van der Waals surface area (Å²) in [6.07, 6.45) is 3.72. The quantitative estimate of drug-likeness (QED) is 0.522. The van der Waals surface area contributed by atoms with Gasteiger partial charge in [0.2, 0.25) is 0 Å². The molecule has 0 saturated heterocycles. The summed E-state index contributed by atoms with van der Waals surface area (Å²) in [7, 11) is 0. The van der Waals surface area contributed by atoms with Gasteiger partial charge in [-0.1, -0.05) is 44.7 Å². The number of rotatable bonds is 5. The summed E-state index contributed by atoms with van der Waals surface area (Å²) in [6, 6.07) is 5.77. The van der Waals surface area contributed by atoms with E-state index in [1.54, 1.807) is 12.1 Å². The number of benzene rings is 1. The minimum Gasteiger partial charge on any atom is -0.406 e. The van der Waals surface area contributed by atoms with Gasteiger partial charge in [-0.25, -0.2) is 0 Å². The molecule has 0 amide bonds. The second kappa shape index (κ2) is 8.67. The highest BCUT2D eigenvalue weighted by atomic mass is 19.4. The van der Waals surface area contributed by atoms with Crippen molar-refractivity contribution >= 4 is 0 Å². The minimum atomic E-state index is -4.70. The molecule has 1 aromatic rings. The van der Waals surface area contributed by atoms with Crippen molar-refractivity contribution in [1.82, 2.24) is 0 Å². The van der Waals surface area contributed by atoms with Crippen LogP contribution in [0.3, 0.4) is 0 Å². The Morgan fingerprint density at radius 1 is 0.962 bits per heavy atom. The molecule has 2 fully saturated rings. The fraction of sp³-hybridized carbons (Fsp3) is 0.727. The predicted molar refractivity (Wildman–Crippen MR) is 98.2 cm³/mol. The summed E-state index contributed by atoms with van der Waals surface area (Å²) in [4.78, 5) is 0. The molecule has 4 heteroatoms. The zero-order valence-corrected chi connectivity index (χ0v) is 15.5. The molecule has 0 heterocycles. The largest absolute Gasteiger partial charge is 0.573 e. The molecule has 2 aliphatic rings. The number of hydrogen-bond acceptors (Lipinski definition) is 1. The van der Waals surface area contributed by atoms with Crippen molar-refractivity contribution in [2.24, 2.45) is 17.8 Å². The van der Waals surface area contributed by atoms with E-state index in [4.69, 9.17) is 2.74 Å². The Bertz CT molecular complexity index is 599. The van der Waals surface area contributed by atoms with E-state index in [0.29, 0.717) is 11.8 Å². The third-order valence-corrected chi connectivity index (χ3v) is 6.14.